The van der Waals surface area contributed by atoms with Crippen LogP contribution in [0.25, 0.3) is 0 Å². The summed E-state index contributed by atoms with van der Waals surface area (Å²) in [5.74, 6) is -1.06. The lowest BCUT2D eigenvalue weighted by Crippen LogP contribution is -2.30. The predicted molar refractivity (Wildman–Crippen MR) is 78.9 cm³/mol. The number of fused-ring (bicyclic) bond motifs is 1. The van der Waals surface area contributed by atoms with E-state index in [9.17, 15) is 9.59 Å². The van der Waals surface area contributed by atoms with E-state index in [1.807, 2.05) is 23.8 Å². The Kier molecular flexibility index (Phi) is 3.25. The van der Waals surface area contributed by atoms with Gasteiger partial charge in [0.25, 0.3) is 5.91 Å². The smallest absolute Gasteiger partial charge is 0.335 e. The number of carboxylic acid groups (broad SMARTS) is 1. The molecule has 5 nitrogen and oxygen atoms in total. The molecule has 108 valence electrons. The summed E-state index contributed by atoms with van der Waals surface area (Å²) >= 11 is 0. The van der Waals surface area contributed by atoms with Crippen molar-refractivity contribution in [1.29, 1.82) is 0 Å². The van der Waals surface area contributed by atoms with Gasteiger partial charge in [0, 0.05) is 25.0 Å². The van der Waals surface area contributed by atoms with Gasteiger partial charge >= 0.3 is 5.97 Å². The van der Waals surface area contributed by atoms with Crippen LogP contribution in [0.5, 0.6) is 0 Å². The highest BCUT2D eigenvalue weighted by molar-refractivity contribution is 6.07. The third-order valence-corrected chi connectivity index (χ3v) is 3.86. The van der Waals surface area contributed by atoms with Crippen molar-refractivity contribution in [2.24, 2.45) is 0 Å². The number of rotatable bonds is 3. The van der Waals surface area contributed by atoms with Crippen molar-refractivity contribution in [2.45, 2.75) is 19.9 Å². The van der Waals surface area contributed by atoms with E-state index in [-0.39, 0.29) is 11.5 Å². The molecule has 0 radical (unpaired) electrons. The predicted octanol–water partition coefficient (Wildman–Crippen LogP) is 2.41. The van der Waals surface area contributed by atoms with Gasteiger partial charge in [0.15, 0.2) is 0 Å². The number of hydrogen-bond acceptors (Lipinski definition) is 2. The number of benzene rings is 1. The van der Waals surface area contributed by atoms with Gasteiger partial charge in [0.1, 0.15) is 5.69 Å². The van der Waals surface area contributed by atoms with Crippen molar-refractivity contribution in [3.8, 4) is 0 Å². The first-order valence-corrected chi connectivity index (χ1v) is 6.95. The van der Waals surface area contributed by atoms with Gasteiger partial charge in [-0.1, -0.05) is 6.07 Å². The molecule has 2 heterocycles. The maximum Gasteiger partial charge on any atom is 0.335 e. The van der Waals surface area contributed by atoms with Crippen LogP contribution in [0.15, 0.2) is 36.5 Å². The van der Waals surface area contributed by atoms with Crippen LogP contribution in [-0.2, 0) is 13.0 Å². The van der Waals surface area contributed by atoms with Crippen LogP contribution in [0.4, 0.5) is 5.69 Å². The number of aromatic nitrogens is 1. The maximum atomic E-state index is 12.7. The van der Waals surface area contributed by atoms with Crippen molar-refractivity contribution >= 4 is 17.6 Å². The second-order valence-corrected chi connectivity index (χ2v) is 5.03. The third kappa shape index (κ3) is 2.20. The molecule has 3 rings (SSSR count). The molecule has 1 amide bonds. The van der Waals surface area contributed by atoms with Crippen molar-refractivity contribution in [3.05, 3.63) is 53.3 Å². The molecule has 1 aromatic heterocycles. The molecule has 0 saturated heterocycles. The Morgan fingerprint density at radius 1 is 1.29 bits per heavy atom. The van der Waals surface area contributed by atoms with E-state index in [0.717, 1.165) is 18.5 Å². The number of anilines is 1. The first-order chi connectivity index (χ1) is 10.1. The SMILES string of the molecule is CCn1cccc1C(=O)N1CCc2ccc(C(=O)O)cc21. The number of amides is 1. The van der Waals surface area contributed by atoms with Crippen molar-refractivity contribution < 1.29 is 14.7 Å². The molecule has 0 fully saturated rings. The second-order valence-electron chi connectivity index (χ2n) is 5.03. The topological polar surface area (TPSA) is 62.5 Å². The summed E-state index contributed by atoms with van der Waals surface area (Å²) in [6, 6.07) is 8.61. The standard InChI is InChI=1S/C16H16N2O3/c1-2-17-8-3-4-13(17)15(19)18-9-7-11-5-6-12(16(20)21)10-14(11)18/h3-6,8,10H,2,7,9H2,1H3,(H,20,21). The van der Waals surface area contributed by atoms with E-state index in [0.29, 0.717) is 17.9 Å². The first-order valence-electron chi connectivity index (χ1n) is 6.95. The lowest BCUT2D eigenvalue weighted by atomic mass is 10.1. The van der Waals surface area contributed by atoms with Gasteiger partial charge in [-0.25, -0.2) is 4.79 Å². The summed E-state index contributed by atoms with van der Waals surface area (Å²) < 4.78 is 1.89. The fourth-order valence-corrected chi connectivity index (χ4v) is 2.75. The van der Waals surface area contributed by atoms with Gasteiger partial charge in [-0.3, -0.25) is 4.79 Å². The normalized spacial score (nSPS) is 13.3. The Morgan fingerprint density at radius 3 is 2.81 bits per heavy atom. The van der Waals surface area contributed by atoms with Crippen LogP contribution < -0.4 is 4.90 Å². The molecule has 21 heavy (non-hydrogen) atoms. The summed E-state index contributed by atoms with van der Waals surface area (Å²) in [5, 5.41) is 9.10. The van der Waals surface area contributed by atoms with E-state index in [1.54, 1.807) is 29.2 Å². The number of aromatic carboxylic acids is 1. The zero-order valence-corrected chi connectivity index (χ0v) is 11.7. The molecule has 2 aromatic rings. The highest BCUT2D eigenvalue weighted by Crippen LogP contribution is 2.30. The molecule has 1 aliphatic rings. The number of aryl methyl sites for hydroxylation is 1. The monoisotopic (exact) mass is 284 g/mol. The Labute approximate surface area is 122 Å². The number of carboxylic acids is 1. The highest BCUT2D eigenvalue weighted by atomic mass is 16.4. The van der Waals surface area contributed by atoms with Gasteiger partial charge in [-0.2, -0.15) is 0 Å². The summed E-state index contributed by atoms with van der Waals surface area (Å²) in [6.07, 6.45) is 2.63. The minimum atomic E-state index is -0.978. The Morgan fingerprint density at radius 2 is 2.10 bits per heavy atom. The molecule has 1 aliphatic heterocycles. The van der Waals surface area contributed by atoms with Gasteiger partial charge in [-0.05, 0) is 43.2 Å². The molecule has 0 aliphatic carbocycles. The highest BCUT2D eigenvalue weighted by Gasteiger charge is 2.27. The van der Waals surface area contributed by atoms with Crippen LogP contribution >= 0.6 is 0 Å². The van der Waals surface area contributed by atoms with Crippen molar-refractivity contribution in [2.75, 3.05) is 11.4 Å². The van der Waals surface area contributed by atoms with E-state index < -0.39 is 5.97 Å². The number of hydrogen-bond donors (Lipinski definition) is 1. The van der Waals surface area contributed by atoms with Gasteiger partial charge in [-0.15, -0.1) is 0 Å². The van der Waals surface area contributed by atoms with Crippen LogP contribution in [0.2, 0.25) is 0 Å². The van der Waals surface area contributed by atoms with Gasteiger partial charge in [0.2, 0.25) is 0 Å². The van der Waals surface area contributed by atoms with Gasteiger partial charge in [0.05, 0.1) is 5.56 Å². The van der Waals surface area contributed by atoms with E-state index in [2.05, 4.69) is 0 Å². The summed E-state index contributed by atoms with van der Waals surface area (Å²) in [6.45, 7) is 3.30. The third-order valence-electron chi connectivity index (χ3n) is 3.86. The van der Waals surface area contributed by atoms with E-state index >= 15 is 0 Å². The zero-order valence-electron chi connectivity index (χ0n) is 11.7. The minimum Gasteiger partial charge on any atom is -0.478 e. The largest absolute Gasteiger partial charge is 0.478 e. The number of nitrogens with zero attached hydrogens (tertiary/aromatic N) is 2. The quantitative estimate of drug-likeness (QED) is 0.941. The fraction of sp³-hybridized carbons (Fsp3) is 0.250. The van der Waals surface area contributed by atoms with E-state index in [1.165, 1.54) is 0 Å². The summed E-state index contributed by atoms with van der Waals surface area (Å²) in [7, 11) is 0. The molecular weight excluding hydrogens is 268 g/mol. The van der Waals surface area contributed by atoms with Crippen LogP contribution in [0, 0.1) is 0 Å². The van der Waals surface area contributed by atoms with Crippen molar-refractivity contribution in [1.82, 2.24) is 4.57 Å². The molecule has 5 heteroatoms. The number of carbonyl (C=O) groups excluding carboxylic acids is 1. The Balaban J connectivity index is 1.98. The second kappa shape index (κ2) is 5.09. The molecule has 1 N–H and O–H groups in total. The van der Waals surface area contributed by atoms with Crippen LogP contribution in [-0.4, -0.2) is 28.1 Å². The van der Waals surface area contributed by atoms with E-state index in [4.69, 9.17) is 5.11 Å². The zero-order chi connectivity index (χ0) is 15.0. The Bertz CT molecular complexity index is 718. The molecule has 0 atom stereocenters. The molecular formula is C16H16N2O3. The fourth-order valence-electron chi connectivity index (χ4n) is 2.75. The maximum absolute atomic E-state index is 12.7. The van der Waals surface area contributed by atoms with Gasteiger partial charge < -0.3 is 14.6 Å². The molecule has 0 unspecified atom stereocenters. The summed E-state index contributed by atoms with van der Waals surface area (Å²) in [5.41, 5.74) is 2.57. The Hall–Kier alpha value is -2.56. The summed E-state index contributed by atoms with van der Waals surface area (Å²) in [4.78, 5) is 25.5. The lowest BCUT2D eigenvalue weighted by molar-refractivity contribution is 0.0696. The average molecular weight is 284 g/mol. The minimum absolute atomic E-state index is 0.0804. The molecule has 0 spiro atoms. The van der Waals surface area contributed by atoms with Crippen molar-refractivity contribution in [3.63, 3.8) is 0 Å². The van der Waals surface area contributed by atoms with Crippen LogP contribution in [0.3, 0.4) is 0 Å². The number of carbonyl (C=O) groups is 2. The molecule has 0 saturated carbocycles. The average Bonchev–Trinajstić information content (AvgIpc) is 3.12. The molecule has 0 bridgehead atoms. The van der Waals surface area contributed by atoms with Crippen LogP contribution in [0.1, 0.15) is 33.3 Å². The lowest BCUT2D eigenvalue weighted by Gasteiger charge is -2.18. The first kappa shape index (κ1) is 13.4. The molecule has 1 aromatic carbocycles.